The van der Waals surface area contributed by atoms with Crippen molar-refractivity contribution in [3.63, 3.8) is 0 Å². The summed E-state index contributed by atoms with van der Waals surface area (Å²) in [7, 11) is 0. The summed E-state index contributed by atoms with van der Waals surface area (Å²) in [5.74, 6) is 0.965. The van der Waals surface area contributed by atoms with Gasteiger partial charge in [0.1, 0.15) is 6.54 Å². The number of nitrogens with one attached hydrogen (secondary N) is 1. The summed E-state index contributed by atoms with van der Waals surface area (Å²) >= 11 is 0. The number of nitrogens with two attached hydrogens (primary N) is 1. The van der Waals surface area contributed by atoms with Crippen molar-refractivity contribution in [2.24, 2.45) is 17.6 Å². The zero-order valence-corrected chi connectivity index (χ0v) is 15.3. The van der Waals surface area contributed by atoms with Gasteiger partial charge in [-0.2, -0.15) is 5.10 Å². The van der Waals surface area contributed by atoms with Crippen LogP contribution < -0.4 is 11.1 Å². The van der Waals surface area contributed by atoms with Crippen molar-refractivity contribution in [2.75, 3.05) is 13.1 Å². The first-order chi connectivity index (χ1) is 12.6. The molecule has 7 nitrogen and oxygen atoms in total. The lowest BCUT2D eigenvalue weighted by atomic mass is 9.95. The maximum Gasteiger partial charge on any atom is 0.257 e. The first-order valence-corrected chi connectivity index (χ1v) is 9.97. The number of carbonyl (C=O) groups excluding carboxylic acids is 2. The molecule has 4 rings (SSSR count). The Balaban J connectivity index is 1.31. The van der Waals surface area contributed by atoms with Crippen LogP contribution in [0, 0.1) is 11.8 Å². The Morgan fingerprint density at radius 2 is 1.96 bits per heavy atom. The minimum Gasteiger partial charge on any atom is -0.352 e. The summed E-state index contributed by atoms with van der Waals surface area (Å²) in [5, 5.41) is 7.30. The van der Waals surface area contributed by atoms with E-state index in [0.29, 0.717) is 23.4 Å². The SMILES string of the molecule is NC1CCC2CN(C(=O)c3cnn(CC(=O)NC4CCCCC4)c3)CC12. The molecule has 7 heteroatoms. The number of hydrogen-bond donors (Lipinski definition) is 2. The predicted molar refractivity (Wildman–Crippen MR) is 97.3 cm³/mol. The van der Waals surface area contributed by atoms with E-state index in [1.807, 2.05) is 4.90 Å². The molecule has 1 saturated heterocycles. The molecule has 142 valence electrons. The maximum absolute atomic E-state index is 12.7. The van der Waals surface area contributed by atoms with Crippen molar-refractivity contribution in [3.8, 4) is 0 Å². The van der Waals surface area contributed by atoms with Gasteiger partial charge in [-0.3, -0.25) is 14.3 Å². The van der Waals surface area contributed by atoms with E-state index in [1.165, 1.54) is 19.3 Å². The summed E-state index contributed by atoms with van der Waals surface area (Å²) in [6.45, 7) is 1.71. The molecule has 0 aromatic carbocycles. The minimum atomic E-state index is -0.0272. The molecule has 1 aromatic rings. The lowest BCUT2D eigenvalue weighted by molar-refractivity contribution is -0.122. The van der Waals surface area contributed by atoms with E-state index in [2.05, 4.69) is 10.4 Å². The Morgan fingerprint density at radius 3 is 2.73 bits per heavy atom. The number of fused-ring (bicyclic) bond motifs is 1. The summed E-state index contributed by atoms with van der Waals surface area (Å²) < 4.78 is 1.56. The van der Waals surface area contributed by atoms with Crippen LogP contribution in [0.3, 0.4) is 0 Å². The van der Waals surface area contributed by atoms with Gasteiger partial charge in [-0.05, 0) is 37.5 Å². The summed E-state index contributed by atoms with van der Waals surface area (Å²) in [4.78, 5) is 26.8. The predicted octanol–water partition coefficient (Wildman–Crippen LogP) is 1.14. The molecule has 2 heterocycles. The third kappa shape index (κ3) is 3.63. The monoisotopic (exact) mass is 359 g/mol. The number of nitrogens with zero attached hydrogens (tertiary/aromatic N) is 3. The highest BCUT2D eigenvalue weighted by Gasteiger charge is 2.42. The van der Waals surface area contributed by atoms with Gasteiger partial charge in [0.05, 0.1) is 11.8 Å². The zero-order valence-electron chi connectivity index (χ0n) is 15.3. The molecule has 3 fully saturated rings. The molecule has 2 aliphatic carbocycles. The molecule has 0 bridgehead atoms. The van der Waals surface area contributed by atoms with Gasteiger partial charge in [0.25, 0.3) is 5.91 Å². The average Bonchev–Trinajstić information content (AvgIpc) is 3.33. The van der Waals surface area contributed by atoms with Gasteiger partial charge >= 0.3 is 0 Å². The third-order valence-electron chi connectivity index (χ3n) is 6.36. The molecule has 3 aliphatic rings. The van der Waals surface area contributed by atoms with Crippen LogP contribution in [0.4, 0.5) is 0 Å². The van der Waals surface area contributed by atoms with Crippen LogP contribution in [0.25, 0.3) is 0 Å². The second-order valence-corrected chi connectivity index (χ2v) is 8.20. The van der Waals surface area contributed by atoms with Crippen molar-refractivity contribution >= 4 is 11.8 Å². The van der Waals surface area contributed by atoms with Crippen molar-refractivity contribution < 1.29 is 9.59 Å². The number of aromatic nitrogens is 2. The molecule has 2 amide bonds. The van der Waals surface area contributed by atoms with Crippen LogP contribution >= 0.6 is 0 Å². The molecule has 3 unspecified atom stereocenters. The van der Waals surface area contributed by atoms with Gasteiger partial charge in [0.2, 0.25) is 5.91 Å². The van der Waals surface area contributed by atoms with Crippen molar-refractivity contribution in [3.05, 3.63) is 18.0 Å². The molecule has 0 spiro atoms. The minimum absolute atomic E-state index is 0.00513. The number of amides is 2. The Kier molecular flexibility index (Phi) is 4.98. The second kappa shape index (κ2) is 7.39. The fourth-order valence-electron chi connectivity index (χ4n) is 4.88. The van der Waals surface area contributed by atoms with Crippen molar-refractivity contribution in [2.45, 2.75) is 63.6 Å². The fourth-order valence-corrected chi connectivity index (χ4v) is 4.88. The molecule has 1 aliphatic heterocycles. The number of rotatable bonds is 4. The van der Waals surface area contributed by atoms with Gasteiger partial charge in [0, 0.05) is 31.4 Å². The van der Waals surface area contributed by atoms with Crippen LogP contribution in [0.2, 0.25) is 0 Å². The lowest BCUT2D eigenvalue weighted by Crippen LogP contribution is -2.38. The fraction of sp³-hybridized carbons (Fsp3) is 0.737. The van der Waals surface area contributed by atoms with Crippen molar-refractivity contribution in [1.82, 2.24) is 20.0 Å². The molecular formula is C19H29N5O2. The average molecular weight is 359 g/mol. The molecule has 26 heavy (non-hydrogen) atoms. The Hall–Kier alpha value is -1.89. The molecule has 2 saturated carbocycles. The van der Waals surface area contributed by atoms with Crippen LogP contribution in [-0.4, -0.2) is 51.7 Å². The number of carbonyl (C=O) groups is 2. The van der Waals surface area contributed by atoms with E-state index in [0.717, 1.165) is 38.8 Å². The summed E-state index contributed by atoms with van der Waals surface area (Å²) in [6.07, 6.45) is 11.2. The zero-order chi connectivity index (χ0) is 18.1. The smallest absolute Gasteiger partial charge is 0.257 e. The Labute approximate surface area is 154 Å². The molecule has 3 N–H and O–H groups in total. The molecule has 0 radical (unpaired) electrons. The first kappa shape index (κ1) is 17.5. The van der Waals surface area contributed by atoms with Gasteiger partial charge in [0.15, 0.2) is 0 Å². The van der Waals surface area contributed by atoms with Gasteiger partial charge in [-0.1, -0.05) is 19.3 Å². The van der Waals surface area contributed by atoms with E-state index in [1.54, 1.807) is 17.1 Å². The van der Waals surface area contributed by atoms with Crippen LogP contribution in [-0.2, 0) is 11.3 Å². The molecule has 3 atom stereocenters. The van der Waals surface area contributed by atoms with Gasteiger partial charge in [-0.25, -0.2) is 0 Å². The van der Waals surface area contributed by atoms with Crippen LogP contribution in [0.5, 0.6) is 0 Å². The summed E-state index contributed by atoms with van der Waals surface area (Å²) in [6, 6.07) is 0.519. The number of hydrogen-bond acceptors (Lipinski definition) is 4. The van der Waals surface area contributed by atoms with E-state index in [9.17, 15) is 9.59 Å². The van der Waals surface area contributed by atoms with Crippen LogP contribution in [0.1, 0.15) is 55.3 Å². The van der Waals surface area contributed by atoms with E-state index in [-0.39, 0.29) is 24.4 Å². The Bertz CT molecular complexity index is 667. The largest absolute Gasteiger partial charge is 0.352 e. The highest BCUT2D eigenvalue weighted by Crippen LogP contribution is 2.37. The third-order valence-corrected chi connectivity index (χ3v) is 6.36. The molecule has 1 aromatic heterocycles. The highest BCUT2D eigenvalue weighted by molar-refractivity contribution is 5.94. The van der Waals surface area contributed by atoms with E-state index in [4.69, 9.17) is 5.73 Å². The van der Waals surface area contributed by atoms with Gasteiger partial charge in [-0.15, -0.1) is 0 Å². The number of likely N-dealkylation sites (tertiary alicyclic amines) is 1. The maximum atomic E-state index is 12.7. The van der Waals surface area contributed by atoms with E-state index >= 15 is 0 Å². The normalized spacial score (nSPS) is 29.0. The standard InChI is InChI=1S/C19H29N5O2/c20-17-7-6-13-9-23(11-16(13)17)19(26)14-8-21-24(10-14)12-18(25)22-15-4-2-1-3-5-15/h8,10,13,15-17H,1-7,9,11-12,20H2,(H,22,25). The summed E-state index contributed by atoms with van der Waals surface area (Å²) in [5.41, 5.74) is 6.72. The Morgan fingerprint density at radius 1 is 1.15 bits per heavy atom. The van der Waals surface area contributed by atoms with Crippen LogP contribution in [0.15, 0.2) is 12.4 Å². The first-order valence-electron chi connectivity index (χ1n) is 9.97. The van der Waals surface area contributed by atoms with Gasteiger partial charge < -0.3 is 16.0 Å². The lowest BCUT2D eigenvalue weighted by Gasteiger charge is -2.22. The van der Waals surface area contributed by atoms with E-state index < -0.39 is 0 Å². The van der Waals surface area contributed by atoms with Crippen molar-refractivity contribution in [1.29, 1.82) is 0 Å². The second-order valence-electron chi connectivity index (χ2n) is 8.20. The molecular weight excluding hydrogens is 330 g/mol. The highest BCUT2D eigenvalue weighted by atomic mass is 16.2. The topological polar surface area (TPSA) is 93.2 Å². The quantitative estimate of drug-likeness (QED) is 0.843.